The minimum absolute atomic E-state index is 0.0310. The maximum atomic E-state index is 13.9. The van der Waals surface area contributed by atoms with Crippen molar-refractivity contribution in [3.8, 4) is 11.4 Å². The molecular formula is C33H41N5O3. The van der Waals surface area contributed by atoms with Gasteiger partial charge >= 0.3 is 0 Å². The van der Waals surface area contributed by atoms with Gasteiger partial charge in [0.1, 0.15) is 11.6 Å². The monoisotopic (exact) mass is 555 g/mol. The maximum Gasteiger partial charge on any atom is 0.267 e. The molecule has 0 bridgehead atoms. The molecule has 0 saturated heterocycles. The van der Waals surface area contributed by atoms with Crippen molar-refractivity contribution < 1.29 is 9.53 Å². The molecule has 0 spiro atoms. The lowest BCUT2D eigenvalue weighted by atomic mass is 10.1. The van der Waals surface area contributed by atoms with Crippen molar-refractivity contribution in [1.82, 2.24) is 24.4 Å². The van der Waals surface area contributed by atoms with E-state index in [1.54, 1.807) is 35.3 Å². The van der Waals surface area contributed by atoms with Crippen molar-refractivity contribution in [3.63, 3.8) is 0 Å². The molecule has 1 unspecified atom stereocenters. The Morgan fingerprint density at radius 3 is 2.39 bits per heavy atom. The average molecular weight is 556 g/mol. The minimum atomic E-state index is -0.502. The lowest BCUT2D eigenvalue weighted by molar-refractivity contribution is -0.134. The topological polar surface area (TPSA) is 90.2 Å². The van der Waals surface area contributed by atoms with Crippen molar-refractivity contribution in [3.05, 3.63) is 88.9 Å². The standard InChI is InChI=1S/C33H41N5O3/c1-4-6-7-8-9-10-11-16-30(39)37(24-26-14-12-21-34-23-26)25(3)32-36-31-29(15-13-22-35-31)33(40)38(32)27-17-19-28(20-18-27)41-5-2/h12-15,17-23,25H,4-11,16,24H2,1-3H3. The second-order valence-corrected chi connectivity index (χ2v) is 10.3. The first-order valence-electron chi connectivity index (χ1n) is 14.8. The number of carbonyl (C=O) groups excluding carboxylic acids is 1. The predicted octanol–water partition coefficient (Wildman–Crippen LogP) is 6.80. The molecular weight excluding hydrogens is 514 g/mol. The van der Waals surface area contributed by atoms with Crippen LogP contribution in [0.1, 0.15) is 89.6 Å². The highest BCUT2D eigenvalue weighted by Gasteiger charge is 2.27. The van der Waals surface area contributed by atoms with Gasteiger partial charge in [-0.05, 0) is 68.3 Å². The first kappa shape index (κ1) is 29.9. The second kappa shape index (κ2) is 15.1. The number of amides is 1. The Balaban J connectivity index is 1.69. The smallest absolute Gasteiger partial charge is 0.267 e. The van der Waals surface area contributed by atoms with Crippen molar-refractivity contribution in [2.45, 2.75) is 84.7 Å². The number of hydrogen-bond acceptors (Lipinski definition) is 6. The van der Waals surface area contributed by atoms with E-state index in [-0.39, 0.29) is 11.5 Å². The SMILES string of the molecule is CCCCCCCCCC(=O)N(Cc1cccnc1)C(C)c1nc2ncccc2c(=O)n1-c1ccc(OCC)cc1. The number of benzene rings is 1. The van der Waals surface area contributed by atoms with E-state index in [0.717, 1.165) is 30.6 Å². The van der Waals surface area contributed by atoms with E-state index in [9.17, 15) is 9.59 Å². The second-order valence-electron chi connectivity index (χ2n) is 10.3. The van der Waals surface area contributed by atoms with E-state index >= 15 is 0 Å². The molecule has 0 saturated carbocycles. The van der Waals surface area contributed by atoms with Crippen LogP contribution in [0.5, 0.6) is 5.75 Å². The highest BCUT2D eigenvalue weighted by molar-refractivity contribution is 5.77. The summed E-state index contributed by atoms with van der Waals surface area (Å²) < 4.78 is 7.21. The third-order valence-electron chi connectivity index (χ3n) is 7.31. The van der Waals surface area contributed by atoms with Gasteiger partial charge < -0.3 is 9.64 Å². The zero-order valence-corrected chi connectivity index (χ0v) is 24.5. The van der Waals surface area contributed by atoms with Crippen molar-refractivity contribution in [1.29, 1.82) is 0 Å². The molecule has 8 heteroatoms. The normalized spacial score (nSPS) is 11.9. The van der Waals surface area contributed by atoms with Gasteiger partial charge in [0.05, 0.1) is 23.7 Å². The number of aromatic nitrogens is 4. The molecule has 1 amide bonds. The summed E-state index contributed by atoms with van der Waals surface area (Å²) in [4.78, 5) is 43.0. The van der Waals surface area contributed by atoms with Gasteiger partial charge in [-0.1, -0.05) is 51.5 Å². The number of nitrogens with zero attached hydrogens (tertiary/aromatic N) is 5. The number of unbranched alkanes of at least 4 members (excludes halogenated alkanes) is 6. The average Bonchev–Trinajstić information content (AvgIpc) is 3.00. The Morgan fingerprint density at radius 2 is 1.68 bits per heavy atom. The fraction of sp³-hybridized carbons (Fsp3) is 0.424. The van der Waals surface area contributed by atoms with Crippen molar-refractivity contribution >= 4 is 16.9 Å². The Kier molecular flexibility index (Phi) is 11.0. The van der Waals surface area contributed by atoms with Crippen LogP contribution in [-0.4, -0.2) is 36.9 Å². The number of rotatable bonds is 15. The molecule has 3 heterocycles. The van der Waals surface area contributed by atoms with Gasteiger partial charge in [0.15, 0.2) is 5.65 Å². The van der Waals surface area contributed by atoms with E-state index in [2.05, 4.69) is 16.9 Å². The fourth-order valence-corrected chi connectivity index (χ4v) is 5.07. The lowest BCUT2D eigenvalue weighted by Crippen LogP contribution is -2.37. The molecule has 41 heavy (non-hydrogen) atoms. The number of pyridine rings is 2. The fourth-order valence-electron chi connectivity index (χ4n) is 5.07. The molecule has 216 valence electrons. The van der Waals surface area contributed by atoms with Gasteiger partial charge in [-0.15, -0.1) is 0 Å². The first-order valence-corrected chi connectivity index (χ1v) is 14.8. The van der Waals surface area contributed by atoms with E-state index < -0.39 is 6.04 Å². The van der Waals surface area contributed by atoms with Crippen LogP contribution >= 0.6 is 0 Å². The van der Waals surface area contributed by atoms with Crippen LogP contribution in [-0.2, 0) is 11.3 Å². The Labute approximate surface area is 242 Å². The molecule has 0 aliphatic heterocycles. The van der Waals surface area contributed by atoms with Gasteiger partial charge in [-0.25, -0.2) is 9.97 Å². The molecule has 0 fully saturated rings. The Bertz CT molecular complexity index is 1450. The molecule has 1 aromatic carbocycles. The molecule has 0 aliphatic rings. The third kappa shape index (κ3) is 7.78. The summed E-state index contributed by atoms with van der Waals surface area (Å²) in [5, 5.41) is 0.422. The van der Waals surface area contributed by atoms with Crippen LogP contribution in [0.25, 0.3) is 16.7 Å². The highest BCUT2D eigenvalue weighted by Crippen LogP contribution is 2.26. The summed E-state index contributed by atoms with van der Waals surface area (Å²) in [5.74, 6) is 1.21. The summed E-state index contributed by atoms with van der Waals surface area (Å²) in [6.07, 6.45) is 13.5. The molecule has 8 nitrogen and oxygen atoms in total. The van der Waals surface area contributed by atoms with Gasteiger partial charge in [0.2, 0.25) is 5.91 Å². The highest BCUT2D eigenvalue weighted by atomic mass is 16.5. The quantitative estimate of drug-likeness (QED) is 0.150. The van der Waals surface area contributed by atoms with Crippen LogP contribution in [0.3, 0.4) is 0 Å². The van der Waals surface area contributed by atoms with Crippen molar-refractivity contribution in [2.75, 3.05) is 6.61 Å². The van der Waals surface area contributed by atoms with Crippen molar-refractivity contribution in [2.24, 2.45) is 0 Å². The zero-order valence-electron chi connectivity index (χ0n) is 24.5. The molecule has 0 aliphatic carbocycles. The van der Waals surface area contributed by atoms with Gasteiger partial charge in [-0.3, -0.25) is 19.1 Å². The van der Waals surface area contributed by atoms with Gasteiger partial charge in [0, 0.05) is 31.6 Å². The number of carbonyl (C=O) groups is 1. The summed E-state index contributed by atoms with van der Waals surface area (Å²) in [5.41, 5.74) is 1.71. The summed E-state index contributed by atoms with van der Waals surface area (Å²) in [6.45, 7) is 6.99. The molecule has 4 rings (SSSR count). The van der Waals surface area contributed by atoms with E-state index in [1.807, 2.05) is 55.1 Å². The van der Waals surface area contributed by atoms with Crippen LogP contribution < -0.4 is 10.3 Å². The van der Waals surface area contributed by atoms with Crippen LogP contribution in [0.15, 0.2) is 71.9 Å². The molecule has 0 N–H and O–H groups in total. The van der Waals surface area contributed by atoms with Gasteiger partial charge in [0.25, 0.3) is 5.56 Å². The minimum Gasteiger partial charge on any atom is -0.494 e. The molecule has 3 aromatic heterocycles. The Morgan fingerprint density at radius 1 is 0.951 bits per heavy atom. The number of ether oxygens (including phenoxy) is 1. The largest absolute Gasteiger partial charge is 0.494 e. The van der Waals surface area contributed by atoms with Crippen LogP contribution in [0, 0.1) is 0 Å². The van der Waals surface area contributed by atoms with Crippen LogP contribution in [0.2, 0.25) is 0 Å². The summed E-state index contributed by atoms with van der Waals surface area (Å²) in [7, 11) is 0. The van der Waals surface area contributed by atoms with E-state index in [0.29, 0.717) is 42.1 Å². The summed E-state index contributed by atoms with van der Waals surface area (Å²) >= 11 is 0. The van der Waals surface area contributed by atoms with Gasteiger partial charge in [-0.2, -0.15) is 0 Å². The zero-order chi connectivity index (χ0) is 29.0. The molecule has 0 radical (unpaired) electrons. The maximum absolute atomic E-state index is 13.9. The lowest BCUT2D eigenvalue weighted by Gasteiger charge is -2.30. The molecule has 1 atom stereocenters. The third-order valence-corrected chi connectivity index (χ3v) is 7.31. The van der Waals surface area contributed by atoms with E-state index in [4.69, 9.17) is 9.72 Å². The first-order chi connectivity index (χ1) is 20.0. The predicted molar refractivity (Wildman–Crippen MR) is 162 cm³/mol. The van der Waals surface area contributed by atoms with E-state index in [1.165, 1.54) is 25.7 Å². The van der Waals surface area contributed by atoms with Crippen LogP contribution in [0.4, 0.5) is 0 Å². The number of fused-ring (bicyclic) bond motifs is 1. The Hall–Kier alpha value is -4.07. The molecule has 4 aromatic rings. The number of hydrogen-bond donors (Lipinski definition) is 0. The summed E-state index contributed by atoms with van der Waals surface area (Å²) in [6, 6.07) is 14.2.